The molecule has 1 saturated heterocycles. The monoisotopic (exact) mass is 275 g/mol. The Balaban J connectivity index is 1.90. The fourth-order valence-electron chi connectivity index (χ4n) is 2.55. The van der Waals surface area contributed by atoms with Crippen molar-refractivity contribution in [2.45, 2.75) is 45.4 Å². The zero-order valence-electron chi connectivity index (χ0n) is 12.0. The second-order valence-corrected chi connectivity index (χ2v) is 5.24. The third kappa shape index (κ3) is 3.45. The van der Waals surface area contributed by atoms with Crippen LogP contribution in [0.15, 0.2) is 30.3 Å². The molecule has 0 spiro atoms. The number of carbonyl (C=O) groups is 2. The van der Waals surface area contributed by atoms with E-state index < -0.39 is 6.10 Å². The van der Waals surface area contributed by atoms with Crippen LogP contribution in [0.5, 0.6) is 0 Å². The van der Waals surface area contributed by atoms with Gasteiger partial charge in [0.15, 0.2) is 5.78 Å². The maximum absolute atomic E-state index is 12.3. The molecule has 0 N–H and O–H groups in total. The van der Waals surface area contributed by atoms with Crippen molar-refractivity contribution in [1.29, 1.82) is 0 Å². The summed E-state index contributed by atoms with van der Waals surface area (Å²) in [4.78, 5) is 25.5. The van der Waals surface area contributed by atoms with Crippen LogP contribution in [0.3, 0.4) is 0 Å². The van der Waals surface area contributed by atoms with Crippen LogP contribution in [0.4, 0.5) is 0 Å². The number of amides is 1. The van der Waals surface area contributed by atoms with Gasteiger partial charge in [-0.1, -0.05) is 30.3 Å². The lowest BCUT2D eigenvalue weighted by atomic mass is 10.1. The molecule has 0 bridgehead atoms. The van der Waals surface area contributed by atoms with Gasteiger partial charge in [0.25, 0.3) is 5.91 Å². The van der Waals surface area contributed by atoms with E-state index in [1.54, 1.807) is 18.7 Å². The highest BCUT2D eigenvalue weighted by molar-refractivity contribution is 5.89. The van der Waals surface area contributed by atoms with Crippen LogP contribution in [0.25, 0.3) is 0 Å². The minimum Gasteiger partial charge on any atom is -0.364 e. The normalized spacial score (nSPS) is 19.9. The Morgan fingerprint density at radius 1 is 1.35 bits per heavy atom. The largest absolute Gasteiger partial charge is 0.364 e. The molecule has 1 heterocycles. The van der Waals surface area contributed by atoms with Gasteiger partial charge in [-0.3, -0.25) is 9.59 Å². The highest BCUT2D eigenvalue weighted by atomic mass is 16.5. The van der Waals surface area contributed by atoms with Crippen molar-refractivity contribution in [3.8, 4) is 0 Å². The number of carbonyl (C=O) groups excluding carboxylic acids is 2. The summed E-state index contributed by atoms with van der Waals surface area (Å²) in [6.07, 6.45) is 1.14. The van der Waals surface area contributed by atoms with E-state index in [0.717, 1.165) is 18.4 Å². The van der Waals surface area contributed by atoms with E-state index in [-0.39, 0.29) is 17.7 Å². The number of hydrogen-bond donors (Lipinski definition) is 0. The fraction of sp³-hybridized carbons (Fsp3) is 0.500. The number of hydrogen-bond acceptors (Lipinski definition) is 3. The van der Waals surface area contributed by atoms with Gasteiger partial charge in [-0.05, 0) is 32.3 Å². The molecule has 1 aliphatic heterocycles. The lowest BCUT2D eigenvalue weighted by Gasteiger charge is -2.25. The molecule has 2 rings (SSSR count). The lowest BCUT2D eigenvalue weighted by molar-refractivity contribution is -0.147. The van der Waals surface area contributed by atoms with Crippen molar-refractivity contribution < 1.29 is 14.3 Å². The van der Waals surface area contributed by atoms with Crippen molar-refractivity contribution in [2.75, 3.05) is 6.54 Å². The second kappa shape index (κ2) is 6.66. The number of likely N-dealkylation sites (tertiary alicyclic amines) is 1. The molecule has 1 fully saturated rings. The van der Waals surface area contributed by atoms with Gasteiger partial charge in [0.05, 0.1) is 12.6 Å². The van der Waals surface area contributed by atoms with Gasteiger partial charge in [-0.25, -0.2) is 0 Å². The molecule has 1 aromatic carbocycles. The topological polar surface area (TPSA) is 46.6 Å². The predicted molar refractivity (Wildman–Crippen MR) is 76.1 cm³/mol. The van der Waals surface area contributed by atoms with Gasteiger partial charge in [0, 0.05) is 6.54 Å². The molecular weight excluding hydrogens is 254 g/mol. The molecule has 1 aromatic rings. The zero-order chi connectivity index (χ0) is 14.5. The van der Waals surface area contributed by atoms with Crippen LogP contribution in [-0.2, 0) is 20.9 Å². The number of ketones is 1. The Morgan fingerprint density at radius 2 is 2.05 bits per heavy atom. The molecular formula is C16H21NO3. The van der Waals surface area contributed by atoms with Crippen molar-refractivity contribution in [3.63, 3.8) is 0 Å². The SMILES string of the molecule is CC(=O)C1CCCN1C(=O)C(C)OCc1ccccc1. The molecule has 20 heavy (non-hydrogen) atoms. The van der Waals surface area contributed by atoms with Gasteiger partial charge in [0.1, 0.15) is 6.10 Å². The zero-order valence-corrected chi connectivity index (χ0v) is 12.0. The molecule has 1 amide bonds. The minimum absolute atomic E-state index is 0.0612. The van der Waals surface area contributed by atoms with Gasteiger partial charge < -0.3 is 9.64 Å². The van der Waals surface area contributed by atoms with E-state index in [9.17, 15) is 9.59 Å². The Labute approximate surface area is 119 Å². The maximum atomic E-state index is 12.3. The number of rotatable bonds is 5. The smallest absolute Gasteiger partial charge is 0.252 e. The minimum atomic E-state index is -0.518. The molecule has 2 unspecified atom stereocenters. The highest BCUT2D eigenvalue weighted by Crippen LogP contribution is 2.20. The summed E-state index contributed by atoms with van der Waals surface area (Å²) < 4.78 is 5.63. The van der Waals surface area contributed by atoms with Gasteiger partial charge in [-0.2, -0.15) is 0 Å². The first-order chi connectivity index (χ1) is 9.59. The Kier molecular flexibility index (Phi) is 4.90. The van der Waals surface area contributed by atoms with Crippen molar-refractivity contribution in [1.82, 2.24) is 4.90 Å². The van der Waals surface area contributed by atoms with E-state index in [1.165, 1.54) is 0 Å². The fourth-order valence-corrected chi connectivity index (χ4v) is 2.55. The molecule has 2 atom stereocenters. The predicted octanol–water partition coefficient (Wildman–Crippen LogP) is 2.17. The maximum Gasteiger partial charge on any atom is 0.252 e. The van der Waals surface area contributed by atoms with Crippen LogP contribution in [-0.4, -0.2) is 35.3 Å². The molecule has 4 heteroatoms. The van der Waals surface area contributed by atoms with Crippen LogP contribution >= 0.6 is 0 Å². The van der Waals surface area contributed by atoms with Gasteiger partial charge in [-0.15, -0.1) is 0 Å². The standard InChI is InChI=1S/C16H21NO3/c1-12(18)15-9-6-10-17(15)16(19)13(2)20-11-14-7-4-3-5-8-14/h3-5,7-8,13,15H,6,9-11H2,1-2H3. The third-order valence-corrected chi connectivity index (χ3v) is 3.70. The highest BCUT2D eigenvalue weighted by Gasteiger charge is 2.34. The summed E-state index contributed by atoms with van der Waals surface area (Å²) in [5.74, 6) is -0.0234. The van der Waals surface area contributed by atoms with Gasteiger partial charge in [0.2, 0.25) is 0 Å². The second-order valence-electron chi connectivity index (χ2n) is 5.24. The summed E-state index contributed by atoms with van der Waals surface area (Å²) in [6.45, 7) is 4.36. The number of ether oxygens (including phenoxy) is 1. The van der Waals surface area contributed by atoms with Crippen molar-refractivity contribution in [2.24, 2.45) is 0 Å². The molecule has 0 aromatic heterocycles. The van der Waals surface area contributed by atoms with E-state index >= 15 is 0 Å². The molecule has 108 valence electrons. The molecule has 0 aliphatic carbocycles. The van der Waals surface area contributed by atoms with E-state index in [4.69, 9.17) is 4.74 Å². The molecule has 0 saturated carbocycles. The third-order valence-electron chi connectivity index (χ3n) is 3.70. The Morgan fingerprint density at radius 3 is 2.70 bits per heavy atom. The first-order valence-corrected chi connectivity index (χ1v) is 7.06. The lowest BCUT2D eigenvalue weighted by Crippen LogP contribution is -2.44. The number of nitrogens with zero attached hydrogens (tertiary/aromatic N) is 1. The molecule has 0 radical (unpaired) electrons. The summed E-state index contributed by atoms with van der Waals surface area (Å²) in [6, 6.07) is 9.50. The summed E-state index contributed by atoms with van der Waals surface area (Å²) >= 11 is 0. The number of benzene rings is 1. The van der Waals surface area contributed by atoms with Crippen LogP contribution in [0.1, 0.15) is 32.3 Å². The van der Waals surface area contributed by atoms with Crippen molar-refractivity contribution in [3.05, 3.63) is 35.9 Å². The first-order valence-electron chi connectivity index (χ1n) is 7.06. The summed E-state index contributed by atoms with van der Waals surface area (Å²) in [5, 5.41) is 0. The Bertz CT molecular complexity index is 472. The quantitative estimate of drug-likeness (QED) is 0.827. The van der Waals surface area contributed by atoms with Crippen LogP contribution in [0.2, 0.25) is 0 Å². The summed E-state index contributed by atoms with van der Waals surface area (Å²) in [7, 11) is 0. The van der Waals surface area contributed by atoms with Crippen LogP contribution < -0.4 is 0 Å². The van der Waals surface area contributed by atoms with Crippen LogP contribution in [0, 0.1) is 0 Å². The van der Waals surface area contributed by atoms with Crippen molar-refractivity contribution >= 4 is 11.7 Å². The van der Waals surface area contributed by atoms with E-state index in [0.29, 0.717) is 13.2 Å². The first kappa shape index (κ1) is 14.7. The average molecular weight is 275 g/mol. The summed E-state index contributed by atoms with van der Waals surface area (Å²) in [5.41, 5.74) is 1.04. The van der Waals surface area contributed by atoms with E-state index in [2.05, 4.69) is 0 Å². The average Bonchev–Trinajstić information content (AvgIpc) is 2.94. The molecule has 1 aliphatic rings. The van der Waals surface area contributed by atoms with Gasteiger partial charge >= 0.3 is 0 Å². The Hall–Kier alpha value is -1.68. The molecule has 4 nitrogen and oxygen atoms in total. The number of Topliss-reactive ketones (excluding diaryl/α,β-unsaturated/α-hetero) is 1. The van der Waals surface area contributed by atoms with E-state index in [1.807, 2.05) is 30.3 Å².